The maximum absolute atomic E-state index is 14.5. The molecule has 2 aromatic carbocycles. The zero-order chi connectivity index (χ0) is 46.0. The Balaban J connectivity index is 1.31. The normalized spacial score (nSPS) is 28.3. The van der Waals surface area contributed by atoms with Crippen LogP contribution < -0.4 is 20.1 Å². The van der Waals surface area contributed by atoms with E-state index < -0.39 is 52.2 Å². The number of aliphatic hydroxyl groups is 3. The predicted octanol–water partition coefficient (Wildman–Crippen LogP) is 2.91. The lowest BCUT2D eigenvalue weighted by Gasteiger charge is -2.62. The number of sulfonamides is 1. The van der Waals surface area contributed by atoms with E-state index in [1.807, 2.05) is 85.5 Å². The van der Waals surface area contributed by atoms with Crippen molar-refractivity contribution >= 4 is 21.8 Å². The topological polar surface area (TPSA) is 193 Å². The van der Waals surface area contributed by atoms with Crippen LogP contribution in [0.3, 0.4) is 0 Å². The third-order valence-electron chi connectivity index (χ3n) is 14.2. The van der Waals surface area contributed by atoms with E-state index in [4.69, 9.17) is 9.57 Å². The van der Waals surface area contributed by atoms with Crippen LogP contribution in [0.15, 0.2) is 72.0 Å². The van der Waals surface area contributed by atoms with Gasteiger partial charge in [-0.15, -0.1) is 0 Å². The number of fused-ring (bicyclic) bond motifs is 2. The van der Waals surface area contributed by atoms with E-state index in [9.17, 15) is 33.3 Å². The summed E-state index contributed by atoms with van der Waals surface area (Å²) in [6, 6.07) is 12.5. The number of hydroxylamine groups is 2. The summed E-state index contributed by atoms with van der Waals surface area (Å²) < 4.78 is 34.2. The molecular weight excluding hydrogens is 825 g/mol. The van der Waals surface area contributed by atoms with Crippen molar-refractivity contribution in [2.24, 2.45) is 29.1 Å². The Morgan fingerprint density at radius 2 is 1.78 bits per heavy atom. The van der Waals surface area contributed by atoms with Gasteiger partial charge in [-0.3, -0.25) is 14.4 Å². The lowest BCUT2D eigenvalue weighted by molar-refractivity contribution is -0.183. The number of allylic oxidation sites excluding steroid dienone is 2. The fourth-order valence-electron chi connectivity index (χ4n) is 10.8. The van der Waals surface area contributed by atoms with Gasteiger partial charge in [0, 0.05) is 60.4 Å². The first kappa shape index (κ1) is 48.6. The molecule has 4 aliphatic carbocycles. The van der Waals surface area contributed by atoms with Crippen molar-refractivity contribution in [3.8, 4) is 5.75 Å². The molecule has 2 amide bonds. The third-order valence-corrected chi connectivity index (χ3v) is 14.9. The predicted molar refractivity (Wildman–Crippen MR) is 241 cm³/mol. The molecular formula is C47H70N6O9S. The molecule has 1 saturated heterocycles. The number of carbonyl (C=O) groups is 2. The highest BCUT2D eigenvalue weighted by Crippen LogP contribution is 2.61. The average molecular weight is 895 g/mol. The van der Waals surface area contributed by atoms with E-state index >= 15 is 0 Å². The lowest BCUT2D eigenvalue weighted by Crippen LogP contribution is -2.62. The molecule has 6 N–H and O–H groups in total. The quantitative estimate of drug-likeness (QED) is 0.121. The minimum Gasteiger partial charge on any atom is -0.496 e. The smallest absolute Gasteiger partial charge is 0.251 e. The number of benzene rings is 2. The maximum Gasteiger partial charge on any atom is 0.251 e. The molecule has 1 unspecified atom stereocenters. The standard InChI is InChI=1S/C47H70N6O9S/c1-28-37-23-34(47(37,3)4)24-38(28)48-46(58)43-41(29(2)56)40(27-55)62-53(43)25-31-16-13-17-36(44(31)61-8)32-20-33(22-35(21-32)52(7)18-19-54)45(57)49-39(26-51(5)6)42(50-63(9,59)60)30-14-11-10-12-15-30/h10-17,20,22,28-29,32,34,37-43,50,54-56H,18-19,21,23-27H2,1-9H3,(H,48,58)(H,49,57)/t28-,29-,32?,34+,37-,38-,39+,40-,41+,42-,43-/m0/s1. The number of likely N-dealkylation sites (N-methyl/N-ethyl adjacent to an activating group) is 2. The molecule has 3 saturated carbocycles. The van der Waals surface area contributed by atoms with Gasteiger partial charge < -0.3 is 40.5 Å². The summed E-state index contributed by atoms with van der Waals surface area (Å²) in [7, 11) is 3.45. The SMILES string of the molecule is COc1c(CN2O[C@@H](CO)[C@@H]([C@H](C)O)[C@H]2C(=O)N[C@H]2C[C@H]3C[C@@H]([C@@H]2C)C3(C)C)cccc1C1C=C(C(=O)N[C@H](CN(C)C)[C@@H](NS(C)(=O)=O)c2ccccc2)C=C(N(C)CCO)C1. The second-order valence-corrected chi connectivity index (χ2v) is 20.9. The van der Waals surface area contributed by atoms with Crippen molar-refractivity contribution in [3.63, 3.8) is 0 Å². The molecule has 2 aromatic rings. The summed E-state index contributed by atoms with van der Waals surface area (Å²) in [5.74, 6) is 0.143. The van der Waals surface area contributed by atoms with Gasteiger partial charge in [-0.25, -0.2) is 13.1 Å². The van der Waals surface area contributed by atoms with Crippen molar-refractivity contribution in [3.05, 3.63) is 88.6 Å². The monoisotopic (exact) mass is 894 g/mol. The molecule has 1 aliphatic heterocycles. The van der Waals surface area contributed by atoms with E-state index in [-0.39, 0.29) is 43.0 Å². The first-order valence-electron chi connectivity index (χ1n) is 22.2. The number of amides is 2. The second-order valence-electron chi connectivity index (χ2n) is 19.1. The molecule has 0 aromatic heterocycles. The van der Waals surface area contributed by atoms with Crippen LogP contribution in [0.25, 0.3) is 0 Å². The van der Waals surface area contributed by atoms with Crippen LogP contribution in [0.1, 0.15) is 75.6 Å². The molecule has 0 spiro atoms. The zero-order valence-electron chi connectivity index (χ0n) is 38.3. The summed E-state index contributed by atoms with van der Waals surface area (Å²) in [4.78, 5) is 39.0. The molecule has 0 radical (unpaired) electrons. The molecule has 11 atom stereocenters. The molecule has 348 valence electrons. The first-order valence-corrected chi connectivity index (χ1v) is 24.1. The Kier molecular flexibility index (Phi) is 15.5. The number of hydrogen-bond acceptors (Lipinski definition) is 12. The molecule has 4 fully saturated rings. The Morgan fingerprint density at radius 3 is 2.37 bits per heavy atom. The van der Waals surface area contributed by atoms with Crippen LogP contribution in [0.2, 0.25) is 0 Å². The number of rotatable bonds is 19. The summed E-state index contributed by atoms with van der Waals surface area (Å²) >= 11 is 0. The largest absolute Gasteiger partial charge is 0.496 e. The Labute approximate surface area is 373 Å². The number of carbonyl (C=O) groups excluding carboxylic acids is 2. The van der Waals surface area contributed by atoms with Crippen LogP contribution in [0.5, 0.6) is 5.75 Å². The maximum atomic E-state index is 14.5. The van der Waals surface area contributed by atoms with E-state index in [1.165, 1.54) is 6.42 Å². The second kappa shape index (κ2) is 20.1. The van der Waals surface area contributed by atoms with Crippen molar-refractivity contribution in [1.29, 1.82) is 0 Å². The summed E-state index contributed by atoms with van der Waals surface area (Å²) in [6.45, 7) is 8.74. The van der Waals surface area contributed by atoms with Gasteiger partial charge in [0.25, 0.3) is 5.91 Å². The van der Waals surface area contributed by atoms with Gasteiger partial charge >= 0.3 is 0 Å². The molecule has 16 heteroatoms. The van der Waals surface area contributed by atoms with Gasteiger partial charge in [0.05, 0.1) is 51.3 Å². The van der Waals surface area contributed by atoms with E-state index in [0.717, 1.165) is 23.9 Å². The van der Waals surface area contributed by atoms with Crippen molar-refractivity contribution in [2.75, 3.05) is 60.8 Å². The van der Waals surface area contributed by atoms with Gasteiger partial charge in [-0.1, -0.05) is 75.4 Å². The van der Waals surface area contributed by atoms with Crippen molar-refractivity contribution in [1.82, 2.24) is 30.2 Å². The van der Waals surface area contributed by atoms with Crippen LogP contribution in [0.4, 0.5) is 0 Å². The van der Waals surface area contributed by atoms with Crippen LogP contribution in [-0.2, 0) is 31.0 Å². The van der Waals surface area contributed by atoms with Gasteiger partial charge in [0.15, 0.2) is 0 Å². The number of methoxy groups -OCH3 is 1. The lowest BCUT2D eigenvalue weighted by atomic mass is 9.45. The van der Waals surface area contributed by atoms with Crippen LogP contribution in [0, 0.1) is 29.1 Å². The van der Waals surface area contributed by atoms with Crippen LogP contribution in [-0.4, -0.2) is 142 Å². The highest BCUT2D eigenvalue weighted by atomic mass is 32.2. The average Bonchev–Trinajstić information content (AvgIpc) is 3.61. The molecule has 2 bridgehead atoms. The van der Waals surface area contributed by atoms with E-state index in [0.29, 0.717) is 59.7 Å². The minimum atomic E-state index is -3.69. The number of aliphatic hydroxyl groups excluding tert-OH is 3. The molecule has 15 nitrogen and oxygen atoms in total. The molecule has 1 heterocycles. The summed E-state index contributed by atoms with van der Waals surface area (Å²) in [6.07, 6.45) is 5.55. The molecule has 63 heavy (non-hydrogen) atoms. The van der Waals surface area contributed by atoms with E-state index in [1.54, 1.807) is 25.2 Å². The highest BCUT2D eigenvalue weighted by Gasteiger charge is 2.57. The third kappa shape index (κ3) is 10.8. The van der Waals surface area contributed by atoms with Crippen molar-refractivity contribution < 1.29 is 42.9 Å². The fourth-order valence-corrected chi connectivity index (χ4v) is 11.5. The zero-order valence-corrected chi connectivity index (χ0v) is 39.1. The van der Waals surface area contributed by atoms with Gasteiger partial charge in [-0.05, 0) is 75.1 Å². The Morgan fingerprint density at radius 1 is 1.06 bits per heavy atom. The van der Waals surface area contributed by atoms with Crippen molar-refractivity contribution in [2.45, 2.75) is 95.8 Å². The number of ether oxygens (including phenoxy) is 1. The van der Waals surface area contributed by atoms with E-state index in [2.05, 4.69) is 36.1 Å². The number of nitrogens with one attached hydrogen (secondary N) is 3. The first-order chi connectivity index (χ1) is 29.8. The van der Waals surface area contributed by atoms with Gasteiger partial charge in [0.2, 0.25) is 15.9 Å². The Hall–Kier alpha value is -3.87. The van der Waals surface area contributed by atoms with Crippen LogP contribution >= 0.6 is 0 Å². The van der Waals surface area contributed by atoms with Gasteiger partial charge in [0.1, 0.15) is 17.9 Å². The molecule has 5 aliphatic rings. The minimum absolute atomic E-state index is 0.00848. The molecule has 7 rings (SSSR count). The van der Waals surface area contributed by atoms with Gasteiger partial charge in [-0.2, -0.15) is 5.06 Å². The number of hydrogen-bond donors (Lipinski definition) is 6. The summed E-state index contributed by atoms with van der Waals surface area (Å²) in [5.41, 5.74) is 3.58. The number of nitrogens with zero attached hydrogens (tertiary/aromatic N) is 3. The summed E-state index contributed by atoms with van der Waals surface area (Å²) in [5, 5.41) is 39.5. The highest BCUT2D eigenvalue weighted by molar-refractivity contribution is 7.88. The Bertz CT molecular complexity index is 2100. The number of para-hydroxylation sites is 1. The fraction of sp³-hybridized carbons (Fsp3) is 0.617.